The molecule has 0 aromatic heterocycles. The third kappa shape index (κ3) is 6.19. The molecule has 1 aromatic carbocycles. The van der Waals surface area contributed by atoms with E-state index in [1.807, 2.05) is 30.3 Å². The van der Waals surface area contributed by atoms with Crippen molar-refractivity contribution in [3.8, 4) is 0 Å². The summed E-state index contributed by atoms with van der Waals surface area (Å²) in [7, 11) is -3.38. The van der Waals surface area contributed by atoms with Crippen molar-refractivity contribution in [2.24, 2.45) is 0 Å². The third-order valence-corrected chi connectivity index (χ3v) is 5.87. The number of hydrogen-bond donors (Lipinski definition) is 0. The first-order valence-electron chi connectivity index (χ1n) is 9.48. The van der Waals surface area contributed by atoms with Gasteiger partial charge in [-0.1, -0.05) is 30.3 Å². The summed E-state index contributed by atoms with van der Waals surface area (Å²) in [5.41, 5.74) is 0.984. The molecule has 8 heteroatoms. The predicted molar refractivity (Wildman–Crippen MR) is 102 cm³/mol. The zero-order chi connectivity index (χ0) is 19.3. The minimum atomic E-state index is -3.38. The van der Waals surface area contributed by atoms with Crippen molar-refractivity contribution in [3.05, 3.63) is 35.9 Å². The molecule has 1 saturated carbocycles. The Kier molecular flexibility index (Phi) is 6.73. The Bertz CT molecular complexity index is 709. The van der Waals surface area contributed by atoms with E-state index in [2.05, 4.69) is 4.90 Å². The van der Waals surface area contributed by atoms with Crippen LogP contribution in [-0.4, -0.2) is 68.9 Å². The second-order valence-corrected chi connectivity index (χ2v) is 8.89. The molecule has 2 fully saturated rings. The van der Waals surface area contributed by atoms with Gasteiger partial charge in [-0.3, -0.25) is 9.08 Å². The Morgan fingerprint density at radius 3 is 2.26 bits per heavy atom. The van der Waals surface area contributed by atoms with Crippen molar-refractivity contribution in [1.29, 1.82) is 0 Å². The van der Waals surface area contributed by atoms with E-state index in [0.29, 0.717) is 25.7 Å². The lowest BCUT2D eigenvalue weighted by molar-refractivity contribution is 0.0410. The fraction of sp³-hybridized carbons (Fsp3) is 0.632. The largest absolute Gasteiger partial charge is 0.445 e. The number of ether oxygens (including phenoxy) is 1. The summed E-state index contributed by atoms with van der Waals surface area (Å²) in [5, 5.41) is 0. The molecule has 0 N–H and O–H groups in total. The Hall–Kier alpha value is -1.64. The monoisotopic (exact) mass is 396 g/mol. The van der Waals surface area contributed by atoms with Gasteiger partial charge in [-0.2, -0.15) is 8.42 Å². The maximum absolute atomic E-state index is 12.2. The van der Waals surface area contributed by atoms with E-state index < -0.39 is 10.1 Å². The summed E-state index contributed by atoms with van der Waals surface area (Å²) in [6, 6.07) is 10.1. The van der Waals surface area contributed by atoms with Crippen molar-refractivity contribution in [2.75, 3.05) is 32.4 Å². The molecule has 2 aliphatic rings. The molecule has 27 heavy (non-hydrogen) atoms. The Balaban J connectivity index is 1.38. The van der Waals surface area contributed by atoms with Crippen molar-refractivity contribution in [1.82, 2.24) is 9.80 Å². The van der Waals surface area contributed by atoms with Crippen LogP contribution in [0.4, 0.5) is 4.79 Å². The third-order valence-electron chi connectivity index (χ3n) is 5.25. The van der Waals surface area contributed by atoms with Crippen LogP contribution in [0.2, 0.25) is 0 Å². The summed E-state index contributed by atoms with van der Waals surface area (Å²) in [6.45, 7) is 3.26. The lowest BCUT2D eigenvalue weighted by Crippen LogP contribution is -2.53. The van der Waals surface area contributed by atoms with Gasteiger partial charge < -0.3 is 9.64 Å². The molecule has 1 amide bonds. The molecule has 1 heterocycles. The second kappa shape index (κ2) is 9.03. The van der Waals surface area contributed by atoms with Gasteiger partial charge >= 0.3 is 6.09 Å². The van der Waals surface area contributed by atoms with Gasteiger partial charge in [0.15, 0.2) is 0 Å². The first kappa shape index (κ1) is 20.1. The summed E-state index contributed by atoms with van der Waals surface area (Å²) >= 11 is 0. The van der Waals surface area contributed by atoms with Crippen molar-refractivity contribution in [3.63, 3.8) is 0 Å². The van der Waals surface area contributed by atoms with E-state index in [1.165, 1.54) is 0 Å². The highest BCUT2D eigenvalue weighted by Crippen LogP contribution is 2.26. The molecule has 0 spiro atoms. The Morgan fingerprint density at radius 1 is 1.04 bits per heavy atom. The minimum absolute atomic E-state index is 0.189. The van der Waals surface area contributed by atoms with Crippen LogP contribution in [0.5, 0.6) is 0 Å². The topological polar surface area (TPSA) is 76.2 Å². The van der Waals surface area contributed by atoms with E-state index >= 15 is 0 Å². The number of rotatable bonds is 5. The molecule has 1 aliphatic heterocycles. The number of hydrogen-bond acceptors (Lipinski definition) is 6. The molecule has 0 atom stereocenters. The lowest BCUT2D eigenvalue weighted by Gasteiger charge is -2.41. The number of benzene rings is 1. The van der Waals surface area contributed by atoms with Crippen LogP contribution in [0, 0.1) is 0 Å². The highest BCUT2D eigenvalue weighted by atomic mass is 32.2. The molecule has 1 saturated heterocycles. The number of piperazine rings is 1. The first-order chi connectivity index (χ1) is 12.9. The maximum atomic E-state index is 12.2. The normalized spacial score (nSPS) is 24.6. The van der Waals surface area contributed by atoms with E-state index in [-0.39, 0.29) is 12.2 Å². The van der Waals surface area contributed by atoms with Crippen molar-refractivity contribution < 1.29 is 22.1 Å². The standard InChI is InChI=1S/C19H28N2O5S/c1-27(23,24)26-18-9-7-17(8-10-18)20-11-13-21(14-12-20)19(22)25-15-16-5-3-2-4-6-16/h2-6,17-18H,7-15H2,1H3. The van der Waals surface area contributed by atoms with E-state index in [0.717, 1.165) is 50.6 Å². The SMILES string of the molecule is CS(=O)(=O)OC1CCC(N2CCN(C(=O)OCc3ccccc3)CC2)CC1. The minimum Gasteiger partial charge on any atom is -0.445 e. The summed E-state index contributed by atoms with van der Waals surface area (Å²) in [4.78, 5) is 16.4. The Labute approximate surface area is 161 Å². The highest BCUT2D eigenvalue weighted by Gasteiger charge is 2.31. The molecule has 150 valence electrons. The molecular weight excluding hydrogens is 368 g/mol. The van der Waals surface area contributed by atoms with Crippen LogP contribution in [0.3, 0.4) is 0 Å². The quantitative estimate of drug-likeness (QED) is 0.711. The van der Waals surface area contributed by atoms with Gasteiger partial charge in [0.2, 0.25) is 0 Å². The number of carbonyl (C=O) groups excluding carboxylic acids is 1. The molecular formula is C19H28N2O5S. The number of nitrogens with zero attached hydrogens (tertiary/aromatic N) is 2. The second-order valence-electron chi connectivity index (χ2n) is 7.29. The predicted octanol–water partition coefficient (Wildman–Crippen LogP) is 2.23. The molecule has 1 aliphatic carbocycles. The fourth-order valence-electron chi connectivity index (χ4n) is 3.83. The molecule has 0 bridgehead atoms. The molecule has 7 nitrogen and oxygen atoms in total. The zero-order valence-electron chi connectivity index (χ0n) is 15.7. The van der Waals surface area contributed by atoms with E-state index in [4.69, 9.17) is 8.92 Å². The smallest absolute Gasteiger partial charge is 0.410 e. The van der Waals surface area contributed by atoms with Gasteiger partial charge in [-0.15, -0.1) is 0 Å². The summed E-state index contributed by atoms with van der Waals surface area (Å²) in [6.07, 6.45) is 4.04. The van der Waals surface area contributed by atoms with E-state index in [1.54, 1.807) is 4.90 Å². The van der Waals surface area contributed by atoms with Gasteiger partial charge in [0, 0.05) is 32.2 Å². The van der Waals surface area contributed by atoms with Gasteiger partial charge in [0.1, 0.15) is 6.61 Å². The summed E-state index contributed by atoms with van der Waals surface area (Å²) < 4.78 is 33.0. The maximum Gasteiger partial charge on any atom is 0.410 e. The van der Waals surface area contributed by atoms with Crippen molar-refractivity contribution >= 4 is 16.2 Å². The Morgan fingerprint density at radius 2 is 1.67 bits per heavy atom. The molecule has 0 radical (unpaired) electrons. The van der Waals surface area contributed by atoms with Gasteiger partial charge in [-0.25, -0.2) is 4.79 Å². The van der Waals surface area contributed by atoms with E-state index in [9.17, 15) is 13.2 Å². The average molecular weight is 397 g/mol. The van der Waals surface area contributed by atoms with Crippen LogP contribution < -0.4 is 0 Å². The summed E-state index contributed by atoms with van der Waals surface area (Å²) in [5.74, 6) is 0. The van der Waals surface area contributed by atoms with Crippen LogP contribution in [0.25, 0.3) is 0 Å². The number of amides is 1. The van der Waals surface area contributed by atoms with Crippen LogP contribution in [0.1, 0.15) is 31.2 Å². The van der Waals surface area contributed by atoms with Gasteiger partial charge in [-0.05, 0) is 31.2 Å². The molecule has 1 aromatic rings. The molecule has 0 unspecified atom stereocenters. The van der Waals surface area contributed by atoms with Gasteiger partial charge in [0.25, 0.3) is 10.1 Å². The molecule has 3 rings (SSSR count). The fourth-order valence-corrected chi connectivity index (χ4v) is 4.52. The van der Waals surface area contributed by atoms with Gasteiger partial charge in [0.05, 0.1) is 12.4 Å². The first-order valence-corrected chi connectivity index (χ1v) is 11.3. The van der Waals surface area contributed by atoms with Crippen LogP contribution in [-0.2, 0) is 25.6 Å². The van der Waals surface area contributed by atoms with Crippen LogP contribution >= 0.6 is 0 Å². The lowest BCUT2D eigenvalue weighted by atomic mass is 9.91. The highest BCUT2D eigenvalue weighted by molar-refractivity contribution is 7.86. The van der Waals surface area contributed by atoms with Crippen LogP contribution in [0.15, 0.2) is 30.3 Å². The number of carbonyl (C=O) groups is 1. The average Bonchev–Trinajstić information content (AvgIpc) is 2.66. The zero-order valence-corrected chi connectivity index (χ0v) is 16.6. The van der Waals surface area contributed by atoms with Crippen molar-refractivity contribution in [2.45, 2.75) is 44.4 Å².